The first-order chi connectivity index (χ1) is 16.7. The van der Waals surface area contributed by atoms with Crippen LogP contribution in [-0.4, -0.2) is 30.2 Å². The number of nitrogens with one attached hydrogen (secondary N) is 1. The minimum atomic E-state index is -0.415. The van der Waals surface area contributed by atoms with E-state index >= 15 is 0 Å². The number of amides is 1. The third-order valence-corrected chi connectivity index (χ3v) is 6.06. The maximum atomic E-state index is 12.9. The Hall–Kier alpha value is -4.53. The largest absolute Gasteiger partial charge is 0.350 e. The van der Waals surface area contributed by atoms with E-state index in [-0.39, 0.29) is 24.4 Å². The van der Waals surface area contributed by atoms with Crippen molar-refractivity contribution in [2.45, 2.75) is 25.4 Å². The van der Waals surface area contributed by atoms with Gasteiger partial charge in [-0.15, -0.1) is 5.10 Å². The zero-order chi connectivity index (χ0) is 23.1. The minimum Gasteiger partial charge on any atom is -0.348 e. The van der Waals surface area contributed by atoms with Crippen molar-refractivity contribution in [1.82, 2.24) is 29.6 Å². The lowest BCUT2D eigenvalue weighted by atomic mass is 10.1. The predicted molar refractivity (Wildman–Crippen MR) is 124 cm³/mol. The highest BCUT2D eigenvalue weighted by molar-refractivity contribution is 5.77. The number of pyridine rings is 1. The molecule has 168 valence electrons. The molecule has 0 spiro atoms. The lowest BCUT2D eigenvalue weighted by Crippen LogP contribution is -2.34. The number of benzene rings is 2. The molecule has 0 radical (unpaired) electrons. The van der Waals surface area contributed by atoms with Gasteiger partial charge in [0.25, 0.3) is 5.89 Å². The van der Waals surface area contributed by atoms with Crippen molar-refractivity contribution in [3.8, 4) is 22.8 Å². The van der Waals surface area contributed by atoms with Gasteiger partial charge in [0, 0.05) is 11.8 Å². The number of aryl methyl sites for hydroxylation is 1. The van der Waals surface area contributed by atoms with Crippen LogP contribution in [0.1, 0.15) is 23.6 Å². The molecule has 1 aliphatic carbocycles. The summed E-state index contributed by atoms with van der Waals surface area (Å²) in [4.78, 5) is 30.2. The Morgan fingerprint density at radius 2 is 1.88 bits per heavy atom. The van der Waals surface area contributed by atoms with Gasteiger partial charge in [-0.05, 0) is 36.1 Å². The fraction of sp³-hybridized carbons (Fsp3) is 0.160. The number of nitrogens with zero attached hydrogens (tertiary/aromatic N) is 5. The van der Waals surface area contributed by atoms with Gasteiger partial charge in [0.05, 0.1) is 11.6 Å². The van der Waals surface area contributed by atoms with Gasteiger partial charge in [-0.25, -0.2) is 13.9 Å². The molecule has 6 rings (SSSR count). The molecule has 0 fully saturated rings. The van der Waals surface area contributed by atoms with Crippen LogP contribution in [0.25, 0.3) is 28.5 Å². The predicted octanol–water partition coefficient (Wildman–Crippen LogP) is 3.02. The first kappa shape index (κ1) is 20.1. The average molecular weight is 452 g/mol. The van der Waals surface area contributed by atoms with Crippen molar-refractivity contribution in [3.63, 3.8) is 0 Å². The number of hydrogen-bond donors (Lipinski definition) is 1. The van der Waals surface area contributed by atoms with Crippen LogP contribution < -0.4 is 11.0 Å². The van der Waals surface area contributed by atoms with E-state index in [2.05, 4.69) is 26.6 Å². The normalized spacial score (nSPS) is 14.9. The highest BCUT2D eigenvalue weighted by Gasteiger charge is 2.24. The molecule has 3 aromatic heterocycles. The molecule has 34 heavy (non-hydrogen) atoms. The van der Waals surface area contributed by atoms with Crippen molar-refractivity contribution < 1.29 is 9.32 Å². The summed E-state index contributed by atoms with van der Waals surface area (Å²) in [7, 11) is 0. The van der Waals surface area contributed by atoms with E-state index in [4.69, 9.17) is 4.52 Å². The molecule has 0 bridgehead atoms. The second-order valence-electron chi connectivity index (χ2n) is 8.20. The van der Waals surface area contributed by atoms with Gasteiger partial charge < -0.3 is 9.84 Å². The third-order valence-electron chi connectivity index (χ3n) is 6.06. The molecule has 1 atom stereocenters. The van der Waals surface area contributed by atoms with Gasteiger partial charge in [0.15, 0.2) is 5.65 Å². The van der Waals surface area contributed by atoms with Gasteiger partial charge in [0.1, 0.15) is 6.54 Å². The van der Waals surface area contributed by atoms with E-state index in [9.17, 15) is 9.59 Å². The standard InChI is InChI=1S/C25H20N6O3/c32-21(26-20-13-12-16-7-4-5-10-18(16)20)15-31-25(33)30-14-6-11-19(23(30)28-31)24-27-22(29-34-24)17-8-2-1-3-9-17/h1-11,14,20H,12-13,15H2,(H,26,32)/t20-/m0/s1. The monoisotopic (exact) mass is 452 g/mol. The fourth-order valence-electron chi connectivity index (χ4n) is 4.43. The quantitative estimate of drug-likeness (QED) is 0.439. The van der Waals surface area contributed by atoms with Crippen LogP contribution in [0.3, 0.4) is 0 Å². The third kappa shape index (κ3) is 3.47. The number of rotatable bonds is 5. The SMILES string of the molecule is O=C(Cn1nc2c(-c3nc(-c4ccccc4)no3)cccn2c1=O)N[C@H]1CCc2ccccc21. The number of hydrogen-bond acceptors (Lipinski definition) is 6. The Morgan fingerprint density at radius 3 is 2.76 bits per heavy atom. The highest BCUT2D eigenvalue weighted by atomic mass is 16.5. The maximum absolute atomic E-state index is 12.9. The number of aromatic nitrogens is 5. The number of fused-ring (bicyclic) bond motifs is 2. The Balaban J connectivity index is 1.28. The van der Waals surface area contributed by atoms with E-state index in [1.165, 1.54) is 9.96 Å². The number of carbonyl (C=O) groups is 1. The van der Waals surface area contributed by atoms with Crippen LogP contribution in [0.4, 0.5) is 0 Å². The van der Waals surface area contributed by atoms with Crippen molar-refractivity contribution in [3.05, 3.63) is 94.5 Å². The molecule has 0 aliphatic heterocycles. The van der Waals surface area contributed by atoms with E-state index in [1.54, 1.807) is 18.3 Å². The van der Waals surface area contributed by atoms with E-state index in [0.29, 0.717) is 17.0 Å². The van der Waals surface area contributed by atoms with Gasteiger partial charge in [-0.2, -0.15) is 4.98 Å². The molecule has 9 nitrogen and oxygen atoms in total. The molecule has 1 aliphatic rings. The lowest BCUT2D eigenvalue weighted by Gasteiger charge is -2.13. The van der Waals surface area contributed by atoms with Gasteiger partial charge >= 0.3 is 5.69 Å². The Morgan fingerprint density at radius 1 is 1.06 bits per heavy atom. The molecule has 0 saturated heterocycles. The van der Waals surface area contributed by atoms with Crippen molar-refractivity contribution in [2.75, 3.05) is 0 Å². The van der Waals surface area contributed by atoms with E-state index < -0.39 is 5.69 Å². The maximum Gasteiger partial charge on any atom is 0.350 e. The summed E-state index contributed by atoms with van der Waals surface area (Å²) in [6.45, 7) is -0.183. The summed E-state index contributed by atoms with van der Waals surface area (Å²) in [5.74, 6) is 0.419. The smallest absolute Gasteiger partial charge is 0.348 e. The molecule has 1 N–H and O–H groups in total. The fourth-order valence-corrected chi connectivity index (χ4v) is 4.43. The summed E-state index contributed by atoms with van der Waals surface area (Å²) < 4.78 is 7.99. The van der Waals surface area contributed by atoms with Crippen molar-refractivity contribution >= 4 is 11.6 Å². The van der Waals surface area contributed by atoms with Crippen molar-refractivity contribution in [1.29, 1.82) is 0 Å². The molecule has 3 heterocycles. The van der Waals surface area contributed by atoms with Crippen LogP contribution in [-0.2, 0) is 17.8 Å². The van der Waals surface area contributed by atoms with Crippen LogP contribution in [0.15, 0.2) is 82.2 Å². The van der Waals surface area contributed by atoms with Crippen molar-refractivity contribution in [2.24, 2.45) is 0 Å². The highest BCUT2D eigenvalue weighted by Crippen LogP contribution is 2.30. The van der Waals surface area contributed by atoms with Crippen LogP contribution in [0.2, 0.25) is 0 Å². The molecular formula is C25H20N6O3. The van der Waals surface area contributed by atoms with Gasteiger partial charge in [-0.1, -0.05) is 59.8 Å². The summed E-state index contributed by atoms with van der Waals surface area (Å²) in [6.07, 6.45) is 3.37. The molecule has 0 saturated carbocycles. The second-order valence-corrected chi connectivity index (χ2v) is 8.20. The first-order valence-electron chi connectivity index (χ1n) is 11.0. The second kappa shape index (κ2) is 8.11. The molecule has 2 aromatic carbocycles. The average Bonchev–Trinajstić information content (AvgIpc) is 3.59. The minimum absolute atomic E-state index is 0.0539. The topological polar surface area (TPSA) is 107 Å². The number of carbonyl (C=O) groups excluding carboxylic acids is 1. The molecule has 1 amide bonds. The van der Waals surface area contributed by atoms with Crippen LogP contribution in [0, 0.1) is 0 Å². The molecular weight excluding hydrogens is 432 g/mol. The first-order valence-corrected chi connectivity index (χ1v) is 11.0. The summed E-state index contributed by atoms with van der Waals surface area (Å²) in [6, 6.07) is 21.0. The molecule has 0 unspecified atom stereocenters. The Kier molecular flexibility index (Phi) is 4.80. The summed E-state index contributed by atoms with van der Waals surface area (Å²) in [5.41, 5.74) is 3.63. The summed E-state index contributed by atoms with van der Waals surface area (Å²) >= 11 is 0. The molecule has 5 aromatic rings. The van der Waals surface area contributed by atoms with Crippen LogP contribution in [0.5, 0.6) is 0 Å². The van der Waals surface area contributed by atoms with E-state index in [1.807, 2.05) is 48.5 Å². The zero-order valence-electron chi connectivity index (χ0n) is 18.1. The summed E-state index contributed by atoms with van der Waals surface area (Å²) in [5, 5.41) is 11.5. The molecule has 9 heteroatoms. The Labute approximate surface area is 193 Å². The Bertz CT molecular complexity index is 1570. The van der Waals surface area contributed by atoms with Gasteiger partial charge in [-0.3, -0.25) is 4.79 Å². The van der Waals surface area contributed by atoms with Crippen LogP contribution >= 0.6 is 0 Å². The zero-order valence-corrected chi connectivity index (χ0v) is 18.1. The lowest BCUT2D eigenvalue weighted by molar-refractivity contribution is -0.122. The van der Waals surface area contributed by atoms with E-state index in [0.717, 1.165) is 28.7 Å². The van der Waals surface area contributed by atoms with Gasteiger partial charge in [0.2, 0.25) is 11.7 Å².